The normalized spacial score (nSPS) is 11.5. The molecule has 0 aliphatic rings. The molecule has 0 saturated carbocycles. The maximum Gasteiger partial charge on any atom is 0.0471 e. The lowest BCUT2D eigenvalue weighted by molar-refractivity contribution is 0.239. The van der Waals surface area contributed by atoms with Gasteiger partial charge in [-0.05, 0) is 51.3 Å². The number of nitrogens with two attached hydrogens (primary N) is 1. The van der Waals surface area contributed by atoms with E-state index in [4.69, 9.17) is 17.3 Å². The molecule has 3 nitrogen and oxygen atoms in total. The molecule has 0 aliphatic heterocycles. The standard InChI is InChI=1S/C16H28ClN3/c1-4-19(5-2)11-8-12-20(6-3)13-14-15(17)9-7-10-16(14)18/h7,9-10H,4-6,8,11-13,18H2,1-3H3. The first-order chi connectivity index (χ1) is 9.62. The van der Waals surface area contributed by atoms with E-state index in [1.807, 2.05) is 18.2 Å². The highest BCUT2D eigenvalue weighted by atomic mass is 35.5. The van der Waals surface area contributed by atoms with Crippen LogP contribution in [0.4, 0.5) is 5.69 Å². The van der Waals surface area contributed by atoms with Gasteiger partial charge in [-0.1, -0.05) is 38.4 Å². The Labute approximate surface area is 128 Å². The fraction of sp³-hybridized carbons (Fsp3) is 0.625. The maximum atomic E-state index is 6.25. The zero-order chi connectivity index (χ0) is 15.0. The molecule has 1 aromatic rings. The van der Waals surface area contributed by atoms with Gasteiger partial charge in [-0.15, -0.1) is 0 Å². The second kappa shape index (κ2) is 9.22. The van der Waals surface area contributed by atoms with Crippen molar-refractivity contribution in [2.75, 3.05) is 38.5 Å². The lowest BCUT2D eigenvalue weighted by atomic mass is 10.1. The first-order valence-corrected chi connectivity index (χ1v) is 7.97. The molecule has 1 aromatic carbocycles. The third kappa shape index (κ3) is 5.31. The van der Waals surface area contributed by atoms with Crippen LogP contribution in [0.25, 0.3) is 0 Å². The number of nitrogens with zero attached hydrogens (tertiary/aromatic N) is 2. The predicted octanol–water partition coefficient (Wildman–Crippen LogP) is 3.48. The Kier molecular flexibility index (Phi) is 7.97. The molecule has 0 atom stereocenters. The largest absolute Gasteiger partial charge is 0.398 e. The average Bonchev–Trinajstić information content (AvgIpc) is 2.45. The summed E-state index contributed by atoms with van der Waals surface area (Å²) < 4.78 is 0. The second-order valence-electron chi connectivity index (χ2n) is 5.06. The molecular formula is C16H28ClN3. The van der Waals surface area contributed by atoms with Crippen molar-refractivity contribution in [3.63, 3.8) is 0 Å². The van der Waals surface area contributed by atoms with Gasteiger partial charge in [0.25, 0.3) is 0 Å². The Morgan fingerprint density at radius 1 is 1.00 bits per heavy atom. The summed E-state index contributed by atoms with van der Waals surface area (Å²) in [7, 11) is 0. The molecule has 2 N–H and O–H groups in total. The molecule has 0 spiro atoms. The summed E-state index contributed by atoms with van der Waals surface area (Å²) in [5.74, 6) is 0. The molecule has 0 fully saturated rings. The van der Waals surface area contributed by atoms with Crippen LogP contribution < -0.4 is 5.73 Å². The van der Waals surface area contributed by atoms with Gasteiger partial charge in [-0.3, -0.25) is 4.90 Å². The highest BCUT2D eigenvalue weighted by Gasteiger charge is 2.10. The van der Waals surface area contributed by atoms with Gasteiger partial charge in [0.05, 0.1) is 0 Å². The van der Waals surface area contributed by atoms with Crippen molar-refractivity contribution in [1.29, 1.82) is 0 Å². The van der Waals surface area contributed by atoms with Crippen molar-refractivity contribution in [2.45, 2.75) is 33.7 Å². The highest BCUT2D eigenvalue weighted by Crippen LogP contribution is 2.23. The Morgan fingerprint density at radius 2 is 1.60 bits per heavy atom. The van der Waals surface area contributed by atoms with Gasteiger partial charge < -0.3 is 10.6 Å². The van der Waals surface area contributed by atoms with E-state index in [9.17, 15) is 0 Å². The van der Waals surface area contributed by atoms with Gasteiger partial charge in [0.2, 0.25) is 0 Å². The number of nitrogen functional groups attached to an aromatic ring is 1. The van der Waals surface area contributed by atoms with Crippen LogP contribution in [0.15, 0.2) is 18.2 Å². The minimum atomic E-state index is 0.771. The summed E-state index contributed by atoms with van der Waals surface area (Å²) in [6.07, 6.45) is 1.18. The van der Waals surface area contributed by atoms with Crippen molar-refractivity contribution >= 4 is 17.3 Å². The van der Waals surface area contributed by atoms with E-state index in [1.165, 1.54) is 6.42 Å². The fourth-order valence-corrected chi connectivity index (χ4v) is 2.61. The summed E-state index contributed by atoms with van der Waals surface area (Å²) in [5, 5.41) is 0.771. The van der Waals surface area contributed by atoms with Gasteiger partial charge in [-0.2, -0.15) is 0 Å². The molecule has 1 rings (SSSR count). The van der Waals surface area contributed by atoms with E-state index < -0.39 is 0 Å². The molecule has 0 bridgehead atoms. The molecule has 0 aromatic heterocycles. The molecular weight excluding hydrogens is 270 g/mol. The van der Waals surface area contributed by atoms with Crippen LogP contribution in [0.3, 0.4) is 0 Å². The molecule has 0 unspecified atom stereocenters. The number of benzene rings is 1. The summed E-state index contributed by atoms with van der Waals surface area (Å²) in [6.45, 7) is 12.9. The van der Waals surface area contributed by atoms with Gasteiger partial charge >= 0.3 is 0 Å². The number of rotatable bonds is 9. The first-order valence-electron chi connectivity index (χ1n) is 7.59. The van der Waals surface area contributed by atoms with Crippen molar-refractivity contribution in [2.24, 2.45) is 0 Å². The Hall–Kier alpha value is -0.770. The highest BCUT2D eigenvalue weighted by molar-refractivity contribution is 6.31. The Bertz CT molecular complexity index is 371. The molecule has 0 heterocycles. The summed E-state index contributed by atoms with van der Waals surface area (Å²) in [4.78, 5) is 4.86. The van der Waals surface area contributed by atoms with Crippen molar-refractivity contribution in [3.05, 3.63) is 28.8 Å². The topological polar surface area (TPSA) is 32.5 Å². The lowest BCUT2D eigenvalue weighted by Gasteiger charge is -2.24. The molecule has 20 heavy (non-hydrogen) atoms. The second-order valence-corrected chi connectivity index (χ2v) is 5.46. The first kappa shape index (κ1) is 17.3. The molecule has 0 saturated heterocycles. The summed E-state index contributed by atoms with van der Waals surface area (Å²) in [5.41, 5.74) is 7.87. The summed E-state index contributed by atoms with van der Waals surface area (Å²) in [6, 6.07) is 5.74. The number of hydrogen-bond acceptors (Lipinski definition) is 3. The molecule has 0 radical (unpaired) electrons. The molecule has 0 amide bonds. The van der Waals surface area contributed by atoms with E-state index in [-0.39, 0.29) is 0 Å². The van der Waals surface area contributed by atoms with Crippen LogP contribution in [-0.4, -0.2) is 42.5 Å². The van der Waals surface area contributed by atoms with E-state index in [2.05, 4.69) is 30.6 Å². The van der Waals surface area contributed by atoms with Crippen LogP contribution in [0, 0.1) is 0 Å². The third-order valence-corrected chi connectivity index (χ3v) is 4.18. The monoisotopic (exact) mass is 297 g/mol. The van der Waals surface area contributed by atoms with Gasteiger partial charge in [0.15, 0.2) is 0 Å². The minimum Gasteiger partial charge on any atom is -0.398 e. The van der Waals surface area contributed by atoms with Crippen molar-refractivity contribution in [1.82, 2.24) is 9.80 Å². The van der Waals surface area contributed by atoms with E-state index in [0.29, 0.717) is 0 Å². The van der Waals surface area contributed by atoms with E-state index in [0.717, 1.165) is 55.5 Å². The zero-order valence-corrected chi connectivity index (χ0v) is 13.8. The maximum absolute atomic E-state index is 6.25. The smallest absolute Gasteiger partial charge is 0.0471 e. The van der Waals surface area contributed by atoms with E-state index in [1.54, 1.807) is 0 Å². The van der Waals surface area contributed by atoms with Crippen LogP contribution in [0.5, 0.6) is 0 Å². The van der Waals surface area contributed by atoms with Gasteiger partial charge in [0, 0.05) is 22.8 Å². The fourth-order valence-electron chi connectivity index (χ4n) is 2.37. The van der Waals surface area contributed by atoms with Crippen LogP contribution in [-0.2, 0) is 6.54 Å². The van der Waals surface area contributed by atoms with Crippen LogP contribution in [0.2, 0.25) is 5.02 Å². The molecule has 114 valence electrons. The minimum absolute atomic E-state index is 0.771. The molecule has 0 aliphatic carbocycles. The number of halogens is 1. The quantitative estimate of drug-likeness (QED) is 0.708. The number of anilines is 1. The SMILES string of the molecule is CCN(CC)CCCN(CC)Cc1c(N)cccc1Cl. The van der Waals surface area contributed by atoms with Gasteiger partial charge in [-0.25, -0.2) is 0 Å². The van der Waals surface area contributed by atoms with Crippen LogP contribution in [0.1, 0.15) is 32.8 Å². The van der Waals surface area contributed by atoms with Crippen molar-refractivity contribution in [3.8, 4) is 0 Å². The lowest BCUT2D eigenvalue weighted by Crippen LogP contribution is -2.30. The predicted molar refractivity (Wildman–Crippen MR) is 89.2 cm³/mol. The third-order valence-electron chi connectivity index (χ3n) is 3.83. The number of hydrogen-bond donors (Lipinski definition) is 1. The summed E-state index contributed by atoms with van der Waals surface area (Å²) >= 11 is 6.25. The van der Waals surface area contributed by atoms with Gasteiger partial charge in [0.1, 0.15) is 0 Å². The Morgan fingerprint density at radius 3 is 2.15 bits per heavy atom. The molecule has 4 heteroatoms. The van der Waals surface area contributed by atoms with Crippen molar-refractivity contribution < 1.29 is 0 Å². The zero-order valence-electron chi connectivity index (χ0n) is 13.0. The van der Waals surface area contributed by atoms with E-state index >= 15 is 0 Å². The Balaban J connectivity index is 2.51. The van der Waals surface area contributed by atoms with Crippen LogP contribution >= 0.6 is 11.6 Å². The average molecular weight is 298 g/mol.